The topological polar surface area (TPSA) is 62.3 Å². The van der Waals surface area contributed by atoms with Crippen LogP contribution in [0, 0.1) is 5.82 Å². The Morgan fingerprint density at radius 2 is 1.77 bits per heavy atom. The van der Waals surface area contributed by atoms with Crippen LogP contribution in [0.1, 0.15) is 37.8 Å². The van der Waals surface area contributed by atoms with Gasteiger partial charge in [-0.25, -0.2) is 4.39 Å². The minimum atomic E-state index is -0.624. The molecule has 6 heteroatoms. The number of nitrogens with one attached hydrogen (secondary N) is 1. The Kier molecular flexibility index (Phi) is 7.26. The molecule has 0 saturated carbocycles. The molecule has 2 aromatic rings. The predicted molar refractivity (Wildman–Crippen MR) is 97.4 cm³/mol. The molecule has 138 valence electrons. The molecular formula is C20H24FN3O2. The van der Waals surface area contributed by atoms with Gasteiger partial charge in [0.25, 0.3) is 0 Å². The minimum Gasteiger partial charge on any atom is -0.350 e. The highest BCUT2D eigenvalue weighted by Gasteiger charge is 2.25. The van der Waals surface area contributed by atoms with Crippen LogP contribution < -0.4 is 5.32 Å². The third-order valence-electron chi connectivity index (χ3n) is 4.11. The second-order valence-corrected chi connectivity index (χ2v) is 6.15. The summed E-state index contributed by atoms with van der Waals surface area (Å²) < 4.78 is 13.1. The maximum atomic E-state index is 13.1. The van der Waals surface area contributed by atoms with E-state index in [2.05, 4.69) is 10.3 Å². The first-order valence-electron chi connectivity index (χ1n) is 8.71. The van der Waals surface area contributed by atoms with E-state index in [9.17, 15) is 14.0 Å². The second-order valence-electron chi connectivity index (χ2n) is 6.15. The molecule has 0 aliphatic heterocycles. The summed E-state index contributed by atoms with van der Waals surface area (Å²) in [7, 11) is 0. The van der Waals surface area contributed by atoms with Gasteiger partial charge in [0.2, 0.25) is 11.8 Å². The van der Waals surface area contributed by atoms with Gasteiger partial charge >= 0.3 is 0 Å². The summed E-state index contributed by atoms with van der Waals surface area (Å²) >= 11 is 0. The maximum absolute atomic E-state index is 13.1. The fourth-order valence-electron chi connectivity index (χ4n) is 2.56. The van der Waals surface area contributed by atoms with Gasteiger partial charge in [0, 0.05) is 31.9 Å². The zero-order valence-corrected chi connectivity index (χ0v) is 15.1. The average Bonchev–Trinajstić information content (AvgIpc) is 2.66. The largest absolute Gasteiger partial charge is 0.350 e. The summed E-state index contributed by atoms with van der Waals surface area (Å²) in [6, 6.07) is 8.98. The molecular weight excluding hydrogens is 333 g/mol. The van der Waals surface area contributed by atoms with Crippen molar-refractivity contribution >= 4 is 11.8 Å². The van der Waals surface area contributed by atoms with E-state index in [-0.39, 0.29) is 24.2 Å². The molecule has 0 fully saturated rings. The predicted octanol–water partition coefficient (Wildman–Crippen LogP) is 3.05. The maximum Gasteiger partial charge on any atom is 0.242 e. The molecule has 1 heterocycles. The zero-order chi connectivity index (χ0) is 18.9. The molecule has 1 aromatic carbocycles. The van der Waals surface area contributed by atoms with Crippen molar-refractivity contribution in [3.05, 3.63) is 65.7 Å². The molecule has 5 nitrogen and oxygen atoms in total. The van der Waals surface area contributed by atoms with E-state index in [4.69, 9.17) is 0 Å². The Labute approximate surface area is 153 Å². The van der Waals surface area contributed by atoms with E-state index < -0.39 is 6.04 Å². The molecule has 0 spiro atoms. The fourth-order valence-corrected chi connectivity index (χ4v) is 2.56. The number of carbonyl (C=O) groups excluding carboxylic acids is 2. The number of amides is 2. The molecule has 0 unspecified atom stereocenters. The molecule has 2 rings (SSSR count). The van der Waals surface area contributed by atoms with Crippen molar-refractivity contribution < 1.29 is 14.0 Å². The van der Waals surface area contributed by atoms with E-state index in [1.807, 2.05) is 19.1 Å². The fraction of sp³-hybridized carbons (Fsp3) is 0.350. The average molecular weight is 357 g/mol. The van der Waals surface area contributed by atoms with Crippen molar-refractivity contribution in [2.45, 2.75) is 45.8 Å². The Morgan fingerprint density at radius 1 is 1.12 bits per heavy atom. The minimum absolute atomic E-state index is 0.0941. The van der Waals surface area contributed by atoms with E-state index in [1.165, 1.54) is 12.1 Å². The lowest BCUT2D eigenvalue weighted by Gasteiger charge is -2.28. The number of aromatic nitrogens is 1. The van der Waals surface area contributed by atoms with Gasteiger partial charge in [-0.3, -0.25) is 14.6 Å². The lowest BCUT2D eigenvalue weighted by Crippen LogP contribution is -2.47. The summed E-state index contributed by atoms with van der Waals surface area (Å²) in [5.74, 6) is -0.653. The normalized spacial score (nSPS) is 11.7. The Morgan fingerprint density at radius 3 is 2.38 bits per heavy atom. The summed E-state index contributed by atoms with van der Waals surface area (Å²) in [5.41, 5.74) is 1.72. The van der Waals surface area contributed by atoms with Crippen molar-refractivity contribution in [2.24, 2.45) is 0 Å². The van der Waals surface area contributed by atoms with Crippen LogP contribution in [0.5, 0.6) is 0 Å². The molecule has 0 radical (unpaired) electrons. The lowest BCUT2D eigenvalue weighted by molar-refractivity contribution is -0.140. The smallest absolute Gasteiger partial charge is 0.242 e. The molecule has 1 N–H and O–H groups in total. The van der Waals surface area contributed by atoms with Crippen molar-refractivity contribution in [3.63, 3.8) is 0 Å². The van der Waals surface area contributed by atoms with Crippen LogP contribution in [0.3, 0.4) is 0 Å². The quantitative estimate of drug-likeness (QED) is 0.790. The lowest BCUT2D eigenvalue weighted by atomic mass is 10.1. The number of benzene rings is 1. The van der Waals surface area contributed by atoms with Gasteiger partial charge in [-0.2, -0.15) is 0 Å². The van der Waals surface area contributed by atoms with E-state index in [0.29, 0.717) is 19.4 Å². The zero-order valence-electron chi connectivity index (χ0n) is 15.1. The summed E-state index contributed by atoms with van der Waals surface area (Å²) in [6.45, 7) is 4.27. The van der Waals surface area contributed by atoms with Gasteiger partial charge in [-0.1, -0.05) is 19.1 Å². The van der Waals surface area contributed by atoms with Crippen molar-refractivity contribution in [1.82, 2.24) is 15.2 Å². The van der Waals surface area contributed by atoms with Gasteiger partial charge < -0.3 is 10.2 Å². The summed E-state index contributed by atoms with van der Waals surface area (Å²) in [6.07, 6.45) is 4.39. The third-order valence-corrected chi connectivity index (χ3v) is 4.11. The van der Waals surface area contributed by atoms with Crippen LogP contribution in [-0.2, 0) is 22.7 Å². The molecule has 0 aliphatic carbocycles. The van der Waals surface area contributed by atoms with Crippen molar-refractivity contribution in [1.29, 1.82) is 0 Å². The van der Waals surface area contributed by atoms with Gasteiger partial charge in [0.15, 0.2) is 0 Å². The van der Waals surface area contributed by atoms with Gasteiger partial charge in [0.1, 0.15) is 11.9 Å². The number of hydrogen-bond donors (Lipinski definition) is 1. The van der Waals surface area contributed by atoms with Crippen LogP contribution >= 0.6 is 0 Å². The van der Waals surface area contributed by atoms with Crippen LogP contribution in [0.25, 0.3) is 0 Å². The molecule has 0 bridgehead atoms. The Bertz CT molecular complexity index is 720. The van der Waals surface area contributed by atoms with Crippen molar-refractivity contribution in [2.75, 3.05) is 0 Å². The molecule has 2 amide bonds. The number of hydrogen-bond acceptors (Lipinski definition) is 3. The number of carbonyl (C=O) groups is 2. The van der Waals surface area contributed by atoms with Gasteiger partial charge in [-0.05, 0) is 48.7 Å². The molecule has 0 saturated heterocycles. The Hall–Kier alpha value is -2.76. The summed E-state index contributed by atoms with van der Waals surface area (Å²) in [5, 5.41) is 2.85. The number of rotatable bonds is 8. The first kappa shape index (κ1) is 19.6. The number of pyridine rings is 1. The molecule has 0 aliphatic rings. The highest BCUT2D eigenvalue weighted by Crippen LogP contribution is 2.13. The van der Waals surface area contributed by atoms with E-state index >= 15 is 0 Å². The SMILES string of the molecule is CCCC(=O)N(Cc1ccc(F)cc1)[C@@H](C)C(=O)NCc1ccncc1. The van der Waals surface area contributed by atoms with Crippen LogP contribution in [0.15, 0.2) is 48.8 Å². The van der Waals surface area contributed by atoms with Crippen molar-refractivity contribution in [3.8, 4) is 0 Å². The van der Waals surface area contributed by atoms with Crippen LogP contribution in [-0.4, -0.2) is 27.7 Å². The first-order chi connectivity index (χ1) is 12.5. The molecule has 26 heavy (non-hydrogen) atoms. The molecule has 1 atom stereocenters. The standard InChI is InChI=1S/C20H24FN3O2/c1-3-4-19(25)24(14-17-5-7-18(21)8-6-17)15(2)20(26)23-13-16-9-11-22-12-10-16/h5-12,15H,3-4,13-14H2,1-2H3,(H,23,26)/t15-/m0/s1. The van der Waals surface area contributed by atoms with E-state index in [0.717, 1.165) is 11.1 Å². The Balaban J connectivity index is 2.05. The third kappa shape index (κ3) is 5.65. The highest BCUT2D eigenvalue weighted by atomic mass is 19.1. The number of halogens is 1. The first-order valence-corrected chi connectivity index (χ1v) is 8.71. The van der Waals surface area contributed by atoms with E-state index in [1.54, 1.807) is 36.4 Å². The van der Waals surface area contributed by atoms with Crippen LogP contribution in [0.2, 0.25) is 0 Å². The summed E-state index contributed by atoms with van der Waals surface area (Å²) in [4.78, 5) is 30.5. The number of nitrogens with zero attached hydrogens (tertiary/aromatic N) is 2. The van der Waals surface area contributed by atoms with Crippen LogP contribution in [0.4, 0.5) is 4.39 Å². The van der Waals surface area contributed by atoms with Gasteiger partial charge in [0.05, 0.1) is 0 Å². The van der Waals surface area contributed by atoms with Gasteiger partial charge in [-0.15, -0.1) is 0 Å². The molecule has 1 aromatic heterocycles. The second kappa shape index (κ2) is 9.65. The monoisotopic (exact) mass is 357 g/mol. The highest BCUT2D eigenvalue weighted by molar-refractivity contribution is 5.87.